The molecule has 0 bridgehead atoms. The largest absolute Gasteiger partial charge is 0.494 e. The van der Waals surface area contributed by atoms with Crippen molar-refractivity contribution in [2.24, 2.45) is 0 Å². The van der Waals surface area contributed by atoms with Crippen molar-refractivity contribution < 1.29 is 13.5 Å². The molecule has 0 aliphatic heterocycles. The molecule has 2 nitrogen and oxygen atoms in total. The lowest BCUT2D eigenvalue weighted by molar-refractivity contribution is 0.333. The first-order chi connectivity index (χ1) is 10.2. The summed E-state index contributed by atoms with van der Waals surface area (Å²) in [7, 11) is 0. The minimum atomic E-state index is -0.582. The lowest BCUT2D eigenvalue weighted by Crippen LogP contribution is -2.23. The van der Waals surface area contributed by atoms with E-state index in [0.29, 0.717) is 18.7 Å². The molecule has 4 heteroatoms. The minimum Gasteiger partial charge on any atom is -0.494 e. The monoisotopic (exact) mass is 291 g/mol. The van der Waals surface area contributed by atoms with Crippen LogP contribution >= 0.6 is 0 Å². The van der Waals surface area contributed by atoms with E-state index in [-0.39, 0.29) is 6.04 Å². The smallest absolute Gasteiger partial charge is 0.126 e. The fraction of sp³-hybridized carbons (Fsp3) is 0.294. The van der Waals surface area contributed by atoms with Gasteiger partial charge in [-0.1, -0.05) is 25.1 Å². The number of halogens is 2. The van der Waals surface area contributed by atoms with Crippen LogP contribution in [0.3, 0.4) is 0 Å². The fourth-order valence-electron chi connectivity index (χ4n) is 2.36. The number of rotatable bonds is 6. The van der Waals surface area contributed by atoms with Crippen molar-refractivity contribution in [3.8, 4) is 5.75 Å². The Labute approximate surface area is 123 Å². The van der Waals surface area contributed by atoms with Crippen LogP contribution in [0.15, 0.2) is 42.5 Å². The first-order valence-electron chi connectivity index (χ1n) is 7.06. The summed E-state index contributed by atoms with van der Waals surface area (Å²) < 4.78 is 32.6. The summed E-state index contributed by atoms with van der Waals surface area (Å²) in [5, 5.41) is 3.26. The maximum atomic E-state index is 13.5. The van der Waals surface area contributed by atoms with Crippen molar-refractivity contribution >= 4 is 0 Å². The van der Waals surface area contributed by atoms with E-state index in [4.69, 9.17) is 4.74 Å². The first-order valence-corrected chi connectivity index (χ1v) is 7.06. The molecule has 0 fully saturated rings. The highest BCUT2D eigenvalue weighted by Crippen LogP contribution is 2.30. The van der Waals surface area contributed by atoms with Gasteiger partial charge in [-0.2, -0.15) is 0 Å². The summed E-state index contributed by atoms with van der Waals surface area (Å²) in [5.41, 5.74) is 1.41. The number of ether oxygens (including phenoxy) is 1. The maximum Gasteiger partial charge on any atom is 0.126 e. The van der Waals surface area contributed by atoms with Crippen LogP contribution < -0.4 is 10.1 Å². The Morgan fingerprint density at radius 2 is 1.71 bits per heavy atom. The maximum absolute atomic E-state index is 13.5. The molecule has 0 aromatic heterocycles. The van der Waals surface area contributed by atoms with Gasteiger partial charge in [0.05, 0.1) is 12.6 Å². The summed E-state index contributed by atoms with van der Waals surface area (Å²) >= 11 is 0. The fourth-order valence-corrected chi connectivity index (χ4v) is 2.36. The summed E-state index contributed by atoms with van der Waals surface area (Å²) in [6, 6.07) is 10.8. The zero-order valence-electron chi connectivity index (χ0n) is 12.2. The Balaban J connectivity index is 2.48. The van der Waals surface area contributed by atoms with Crippen molar-refractivity contribution in [1.82, 2.24) is 5.32 Å². The SMILES string of the molecule is CCNC(c1cc(F)cc(F)c1)c1ccccc1OCC. The molecule has 0 heterocycles. The summed E-state index contributed by atoms with van der Waals surface area (Å²) in [6.45, 7) is 5.06. The highest BCUT2D eigenvalue weighted by molar-refractivity contribution is 5.41. The standard InChI is InChI=1S/C17H19F2NO/c1-3-20-17(12-9-13(18)11-14(19)10-12)15-7-5-6-8-16(15)21-4-2/h5-11,17,20H,3-4H2,1-2H3. The van der Waals surface area contributed by atoms with Crippen LogP contribution in [0.1, 0.15) is 31.0 Å². The Bertz CT molecular complexity index is 581. The summed E-state index contributed by atoms with van der Waals surface area (Å²) in [5.74, 6) is -0.445. The van der Waals surface area contributed by atoms with Gasteiger partial charge in [0.2, 0.25) is 0 Å². The van der Waals surface area contributed by atoms with Crippen LogP contribution in [0.4, 0.5) is 8.78 Å². The van der Waals surface area contributed by atoms with Gasteiger partial charge < -0.3 is 10.1 Å². The second-order valence-electron chi connectivity index (χ2n) is 4.66. The molecule has 1 atom stereocenters. The van der Waals surface area contributed by atoms with Gasteiger partial charge in [0.25, 0.3) is 0 Å². The molecule has 0 radical (unpaired) electrons. The van der Waals surface area contributed by atoms with Crippen molar-refractivity contribution in [1.29, 1.82) is 0 Å². The Hall–Kier alpha value is -1.94. The molecular formula is C17H19F2NO. The van der Waals surface area contributed by atoms with E-state index in [1.165, 1.54) is 12.1 Å². The van der Waals surface area contributed by atoms with E-state index in [1.807, 2.05) is 38.1 Å². The van der Waals surface area contributed by atoms with E-state index in [2.05, 4.69) is 5.32 Å². The molecule has 2 aromatic rings. The van der Waals surface area contributed by atoms with E-state index in [1.54, 1.807) is 0 Å². The molecule has 2 rings (SSSR count). The average Bonchev–Trinajstić information content (AvgIpc) is 2.45. The first kappa shape index (κ1) is 15.4. The second kappa shape index (κ2) is 7.18. The number of hydrogen-bond acceptors (Lipinski definition) is 2. The molecule has 1 N–H and O–H groups in total. The second-order valence-corrected chi connectivity index (χ2v) is 4.66. The van der Waals surface area contributed by atoms with Gasteiger partial charge >= 0.3 is 0 Å². The van der Waals surface area contributed by atoms with Gasteiger partial charge in [-0.05, 0) is 37.2 Å². The van der Waals surface area contributed by atoms with E-state index in [9.17, 15) is 8.78 Å². The van der Waals surface area contributed by atoms with Gasteiger partial charge in [0.15, 0.2) is 0 Å². The van der Waals surface area contributed by atoms with Gasteiger partial charge in [-0.25, -0.2) is 8.78 Å². The van der Waals surface area contributed by atoms with Crippen molar-refractivity contribution in [2.75, 3.05) is 13.2 Å². The third-order valence-corrected chi connectivity index (χ3v) is 3.16. The number of benzene rings is 2. The van der Waals surface area contributed by atoms with Gasteiger partial charge in [-0.15, -0.1) is 0 Å². The third-order valence-electron chi connectivity index (χ3n) is 3.16. The molecule has 112 valence electrons. The predicted octanol–water partition coefficient (Wildman–Crippen LogP) is 4.06. The van der Waals surface area contributed by atoms with Crippen LogP contribution in [0, 0.1) is 11.6 Å². The lowest BCUT2D eigenvalue weighted by atomic mass is 9.97. The molecule has 0 saturated carbocycles. The highest BCUT2D eigenvalue weighted by Gasteiger charge is 2.18. The quantitative estimate of drug-likeness (QED) is 0.866. The molecule has 1 unspecified atom stereocenters. The molecule has 2 aromatic carbocycles. The predicted molar refractivity (Wildman–Crippen MR) is 79.5 cm³/mol. The molecule has 0 spiro atoms. The Kier molecular flexibility index (Phi) is 5.28. The van der Waals surface area contributed by atoms with E-state index in [0.717, 1.165) is 17.4 Å². The van der Waals surface area contributed by atoms with E-state index < -0.39 is 11.6 Å². The average molecular weight is 291 g/mol. The zero-order chi connectivity index (χ0) is 15.2. The molecular weight excluding hydrogens is 272 g/mol. The normalized spacial score (nSPS) is 12.2. The van der Waals surface area contributed by atoms with Gasteiger partial charge in [0.1, 0.15) is 17.4 Å². The van der Waals surface area contributed by atoms with Crippen LogP contribution in [0.2, 0.25) is 0 Å². The third kappa shape index (κ3) is 3.79. The molecule has 0 aliphatic carbocycles. The van der Waals surface area contributed by atoms with Gasteiger partial charge in [0, 0.05) is 11.6 Å². The molecule has 0 aliphatic rings. The van der Waals surface area contributed by atoms with Gasteiger partial charge in [-0.3, -0.25) is 0 Å². The summed E-state index contributed by atoms with van der Waals surface area (Å²) in [4.78, 5) is 0. The number of nitrogens with one attached hydrogen (secondary N) is 1. The van der Waals surface area contributed by atoms with Crippen molar-refractivity contribution in [3.63, 3.8) is 0 Å². The highest BCUT2D eigenvalue weighted by atomic mass is 19.1. The number of hydrogen-bond donors (Lipinski definition) is 1. The summed E-state index contributed by atoms with van der Waals surface area (Å²) in [6.07, 6.45) is 0. The Morgan fingerprint density at radius 1 is 1.05 bits per heavy atom. The lowest BCUT2D eigenvalue weighted by Gasteiger charge is -2.22. The van der Waals surface area contributed by atoms with Crippen molar-refractivity contribution in [2.45, 2.75) is 19.9 Å². The van der Waals surface area contributed by atoms with Crippen LogP contribution in [0.25, 0.3) is 0 Å². The molecule has 0 amide bonds. The van der Waals surface area contributed by atoms with E-state index >= 15 is 0 Å². The minimum absolute atomic E-state index is 0.317. The number of para-hydroxylation sites is 1. The molecule has 0 saturated heterocycles. The molecule has 21 heavy (non-hydrogen) atoms. The topological polar surface area (TPSA) is 21.3 Å². The van der Waals surface area contributed by atoms with Crippen molar-refractivity contribution in [3.05, 3.63) is 65.2 Å². The van der Waals surface area contributed by atoms with Crippen LogP contribution in [-0.4, -0.2) is 13.2 Å². The van der Waals surface area contributed by atoms with Crippen LogP contribution in [-0.2, 0) is 0 Å². The Morgan fingerprint density at radius 3 is 2.33 bits per heavy atom. The van der Waals surface area contributed by atoms with Crippen LogP contribution in [0.5, 0.6) is 5.75 Å². The zero-order valence-corrected chi connectivity index (χ0v) is 12.2.